The second kappa shape index (κ2) is 11.9. The minimum atomic E-state index is -1.04. The van der Waals surface area contributed by atoms with Gasteiger partial charge in [-0.2, -0.15) is 11.8 Å². The summed E-state index contributed by atoms with van der Waals surface area (Å²) in [4.78, 5) is 18.3. The number of ether oxygens (including phenoxy) is 1. The fourth-order valence-corrected chi connectivity index (χ4v) is 7.07. The minimum absolute atomic E-state index is 0.0811. The summed E-state index contributed by atoms with van der Waals surface area (Å²) in [6.45, 7) is 2.79. The van der Waals surface area contributed by atoms with Gasteiger partial charge in [0.15, 0.2) is 0 Å². The summed E-state index contributed by atoms with van der Waals surface area (Å²) in [6.07, 6.45) is 8.00. The normalized spacial score (nSPS) is 19.7. The molecule has 192 valence electrons. The fourth-order valence-electron chi connectivity index (χ4n) is 5.71. The van der Waals surface area contributed by atoms with Crippen molar-refractivity contribution in [2.45, 2.75) is 69.1 Å². The van der Waals surface area contributed by atoms with Gasteiger partial charge in [-0.1, -0.05) is 12.8 Å². The van der Waals surface area contributed by atoms with E-state index in [0.717, 1.165) is 49.7 Å². The summed E-state index contributed by atoms with van der Waals surface area (Å²) < 4.78 is 20.1. The van der Waals surface area contributed by atoms with Crippen molar-refractivity contribution >= 4 is 28.6 Å². The number of aliphatic hydroxyl groups is 1. The molecule has 2 aliphatic rings. The molecule has 0 spiro atoms. The van der Waals surface area contributed by atoms with E-state index in [0.29, 0.717) is 29.5 Å². The molecule has 2 aromatic rings. The molecule has 1 atom stereocenters. The fraction of sp³-hybridized carbons (Fsp3) is 0.630. The Morgan fingerprint density at radius 3 is 2.74 bits per heavy atom. The number of rotatable bonds is 11. The standard InChI is InChI=1S/C27H37FN2O4S/c1-34-19-6-7-23-21(16-19)26(22(28)18-29-23)24(31)8-9-27(17-25(32)33)10-12-30(13-11-27)14-15-35-20-4-2-3-5-20/h6-7,16,18,20,24,31H,2-5,8-15,17H2,1H3,(H,32,33)/t24-/m1/s1. The van der Waals surface area contributed by atoms with Crippen LogP contribution in [-0.2, 0) is 4.79 Å². The predicted molar refractivity (Wildman–Crippen MR) is 138 cm³/mol. The zero-order valence-corrected chi connectivity index (χ0v) is 21.4. The lowest BCUT2D eigenvalue weighted by atomic mass is 9.71. The maximum Gasteiger partial charge on any atom is 0.303 e. The molecule has 0 radical (unpaired) electrons. The molecule has 35 heavy (non-hydrogen) atoms. The second-order valence-corrected chi connectivity index (χ2v) is 11.6. The number of thioether (sulfide) groups is 1. The van der Waals surface area contributed by atoms with E-state index in [2.05, 4.69) is 21.6 Å². The number of halogens is 1. The van der Waals surface area contributed by atoms with Gasteiger partial charge in [-0.05, 0) is 75.2 Å². The number of likely N-dealkylation sites (tertiary alicyclic amines) is 1. The van der Waals surface area contributed by atoms with E-state index >= 15 is 0 Å². The molecular formula is C27H37FN2O4S. The van der Waals surface area contributed by atoms with Crippen molar-refractivity contribution in [1.82, 2.24) is 9.88 Å². The molecule has 1 aliphatic carbocycles. The number of pyridine rings is 1. The number of hydrogen-bond acceptors (Lipinski definition) is 6. The van der Waals surface area contributed by atoms with Gasteiger partial charge in [-0.15, -0.1) is 0 Å². The van der Waals surface area contributed by atoms with Crippen LogP contribution in [0.25, 0.3) is 10.9 Å². The third-order valence-corrected chi connectivity index (χ3v) is 9.22. The maximum absolute atomic E-state index is 14.8. The summed E-state index contributed by atoms with van der Waals surface area (Å²) in [5, 5.41) is 22.0. The molecule has 1 aromatic heterocycles. The third-order valence-electron chi connectivity index (χ3n) is 7.86. The number of fused-ring (bicyclic) bond motifs is 1. The van der Waals surface area contributed by atoms with Crippen LogP contribution in [-0.4, -0.2) is 63.8 Å². The maximum atomic E-state index is 14.8. The molecule has 6 nitrogen and oxygen atoms in total. The van der Waals surface area contributed by atoms with Crippen LogP contribution in [0.4, 0.5) is 4.39 Å². The largest absolute Gasteiger partial charge is 0.497 e. The summed E-state index contributed by atoms with van der Waals surface area (Å²) in [5.74, 6) is 0.335. The van der Waals surface area contributed by atoms with Crippen LogP contribution in [0.1, 0.15) is 69.5 Å². The van der Waals surface area contributed by atoms with Gasteiger partial charge in [-0.3, -0.25) is 9.78 Å². The number of piperidine rings is 1. The average molecular weight is 505 g/mol. The summed E-state index contributed by atoms with van der Waals surface area (Å²) in [7, 11) is 1.54. The van der Waals surface area contributed by atoms with Crippen molar-refractivity contribution in [2.75, 3.05) is 32.5 Å². The summed E-state index contributed by atoms with van der Waals surface area (Å²) >= 11 is 2.09. The lowest BCUT2D eigenvalue weighted by Crippen LogP contribution is -2.42. The smallest absolute Gasteiger partial charge is 0.303 e. The van der Waals surface area contributed by atoms with Gasteiger partial charge in [0.05, 0.1) is 31.3 Å². The number of aliphatic carboxylic acids is 1. The molecule has 2 N–H and O–H groups in total. The SMILES string of the molecule is COc1ccc2ncc(F)c([C@H](O)CCC3(CC(=O)O)CCN(CCSC4CCCC4)CC3)c2c1. The van der Waals surface area contributed by atoms with Gasteiger partial charge in [0, 0.05) is 28.5 Å². The molecule has 0 bridgehead atoms. The lowest BCUT2D eigenvalue weighted by molar-refractivity contribution is -0.141. The van der Waals surface area contributed by atoms with Crippen LogP contribution < -0.4 is 4.74 Å². The average Bonchev–Trinajstić information content (AvgIpc) is 3.36. The number of nitrogens with zero attached hydrogens (tertiary/aromatic N) is 2. The minimum Gasteiger partial charge on any atom is -0.497 e. The van der Waals surface area contributed by atoms with Gasteiger partial charge in [-0.25, -0.2) is 4.39 Å². The van der Waals surface area contributed by atoms with Crippen LogP contribution in [0, 0.1) is 11.2 Å². The first-order valence-electron chi connectivity index (χ1n) is 12.8. The first kappa shape index (κ1) is 26.2. The molecule has 2 heterocycles. The Hall–Kier alpha value is -1.90. The Labute approximate surface area is 211 Å². The monoisotopic (exact) mass is 504 g/mol. The van der Waals surface area contributed by atoms with E-state index in [-0.39, 0.29) is 17.4 Å². The first-order valence-corrected chi connectivity index (χ1v) is 13.8. The number of carbonyl (C=O) groups is 1. The van der Waals surface area contributed by atoms with Crippen LogP contribution in [0.2, 0.25) is 0 Å². The van der Waals surface area contributed by atoms with E-state index in [1.807, 2.05) is 0 Å². The Morgan fingerprint density at radius 1 is 1.31 bits per heavy atom. The highest BCUT2D eigenvalue weighted by molar-refractivity contribution is 7.99. The molecule has 1 saturated carbocycles. The van der Waals surface area contributed by atoms with Crippen molar-refractivity contribution in [3.63, 3.8) is 0 Å². The van der Waals surface area contributed by atoms with E-state index < -0.39 is 17.9 Å². The van der Waals surface area contributed by atoms with Crippen molar-refractivity contribution in [3.05, 3.63) is 35.8 Å². The van der Waals surface area contributed by atoms with Crippen LogP contribution in [0.3, 0.4) is 0 Å². The van der Waals surface area contributed by atoms with Gasteiger partial charge in [0.25, 0.3) is 0 Å². The van der Waals surface area contributed by atoms with Gasteiger partial charge >= 0.3 is 5.97 Å². The molecular weight excluding hydrogens is 467 g/mol. The van der Waals surface area contributed by atoms with E-state index in [1.165, 1.54) is 25.7 Å². The van der Waals surface area contributed by atoms with E-state index in [1.54, 1.807) is 25.3 Å². The van der Waals surface area contributed by atoms with E-state index in [9.17, 15) is 19.4 Å². The third kappa shape index (κ3) is 6.66. The number of carboxylic acids is 1. The number of aliphatic hydroxyl groups excluding tert-OH is 1. The Kier molecular flexibility index (Phi) is 8.89. The molecule has 8 heteroatoms. The number of aromatic nitrogens is 1. The summed E-state index contributed by atoms with van der Waals surface area (Å²) in [5.41, 5.74) is 0.421. The Bertz CT molecular complexity index is 1010. The molecule has 0 unspecified atom stereocenters. The van der Waals surface area contributed by atoms with Crippen molar-refractivity contribution in [2.24, 2.45) is 5.41 Å². The molecule has 1 aliphatic heterocycles. The molecule has 1 aromatic carbocycles. The van der Waals surface area contributed by atoms with Crippen molar-refractivity contribution in [3.8, 4) is 5.75 Å². The summed E-state index contributed by atoms with van der Waals surface area (Å²) in [6, 6.07) is 5.20. The predicted octanol–water partition coefficient (Wildman–Crippen LogP) is 5.43. The second-order valence-electron chi connectivity index (χ2n) is 10.1. The van der Waals surface area contributed by atoms with Crippen molar-refractivity contribution in [1.29, 1.82) is 0 Å². The lowest BCUT2D eigenvalue weighted by Gasteiger charge is -2.41. The van der Waals surface area contributed by atoms with E-state index in [4.69, 9.17) is 4.74 Å². The van der Waals surface area contributed by atoms with Gasteiger partial charge in [0.1, 0.15) is 11.6 Å². The molecule has 2 fully saturated rings. The van der Waals surface area contributed by atoms with Crippen LogP contribution in [0.15, 0.2) is 24.4 Å². The Balaban J connectivity index is 1.39. The van der Waals surface area contributed by atoms with Crippen LogP contribution in [0.5, 0.6) is 5.75 Å². The quantitative estimate of drug-likeness (QED) is 0.422. The highest BCUT2D eigenvalue weighted by Crippen LogP contribution is 2.42. The van der Waals surface area contributed by atoms with Crippen molar-refractivity contribution < 1.29 is 24.1 Å². The number of methoxy groups -OCH3 is 1. The molecule has 4 rings (SSSR count). The highest BCUT2D eigenvalue weighted by Gasteiger charge is 2.37. The number of benzene rings is 1. The Morgan fingerprint density at radius 2 is 2.06 bits per heavy atom. The molecule has 0 amide bonds. The molecule has 1 saturated heterocycles. The topological polar surface area (TPSA) is 82.9 Å². The number of carboxylic acid groups (broad SMARTS) is 1. The number of hydrogen-bond donors (Lipinski definition) is 2. The van der Waals surface area contributed by atoms with Gasteiger partial charge in [0.2, 0.25) is 0 Å². The zero-order valence-electron chi connectivity index (χ0n) is 20.5. The zero-order chi connectivity index (χ0) is 24.8. The highest BCUT2D eigenvalue weighted by atomic mass is 32.2. The van der Waals surface area contributed by atoms with Crippen LogP contribution >= 0.6 is 11.8 Å². The van der Waals surface area contributed by atoms with Gasteiger partial charge < -0.3 is 19.8 Å². The first-order chi connectivity index (χ1) is 16.9.